The van der Waals surface area contributed by atoms with Gasteiger partial charge in [-0.15, -0.1) is 0 Å². The van der Waals surface area contributed by atoms with Crippen molar-refractivity contribution in [2.75, 3.05) is 0 Å². The van der Waals surface area contributed by atoms with Crippen LogP contribution in [0.3, 0.4) is 0 Å². The first kappa shape index (κ1) is 19.2. The van der Waals surface area contributed by atoms with Crippen LogP contribution in [0.25, 0.3) is 33.9 Å². The fourth-order valence-corrected chi connectivity index (χ4v) is 3.65. The summed E-state index contributed by atoms with van der Waals surface area (Å²) in [5, 5.41) is 15.3. The molecule has 152 valence electrons. The van der Waals surface area contributed by atoms with Gasteiger partial charge in [0, 0.05) is 52.4 Å². The van der Waals surface area contributed by atoms with Gasteiger partial charge in [-0.1, -0.05) is 36.4 Å². The second-order valence-corrected chi connectivity index (χ2v) is 7.20. The first-order valence-electron chi connectivity index (χ1n) is 10.0. The molecule has 5 aromatic rings. The van der Waals surface area contributed by atoms with Crippen molar-refractivity contribution in [1.29, 1.82) is 5.26 Å². The Morgan fingerprint density at radius 3 is 2.53 bits per heavy atom. The molecule has 0 aliphatic heterocycles. The SMILES string of the molecule is N#C/C(=C\c1cn(-c2ccccc2)nc1-c1ccncc1)C(=O)c1c[nH]c2ccccc12. The van der Waals surface area contributed by atoms with Crippen LogP contribution in [0.15, 0.2) is 97.1 Å². The number of fused-ring (bicyclic) bond motifs is 1. The van der Waals surface area contributed by atoms with Crippen molar-refractivity contribution in [3.8, 4) is 23.0 Å². The van der Waals surface area contributed by atoms with E-state index >= 15 is 0 Å². The number of allylic oxidation sites excluding steroid dienone is 1. The molecule has 0 bridgehead atoms. The maximum atomic E-state index is 13.2. The van der Waals surface area contributed by atoms with E-state index in [1.165, 1.54) is 0 Å². The highest BCUT2D eigenvalue weighted by molar-refractivity contribution is 6.20. The van der Waals surface area contributed by atoms with Crippen LogP contribution in [0.5, 0.6) is 0 Å². The summed E-state index contributed by atoms with van der Waals surface area (Å²) in [6.07, 6.45) is 8.45. The Balaban J connectivity index is 1.63. The minimum absolute atomic E-state index is 0.0395. The zero-order valence-electron chi connectivity index (χ0n) is 16.9. The lowest BCUT2D eigenvalue weighted by atomic mass is 10.0. The zero-order valence-corrected chi connectivity index (χ0v) is 16.9. The van der Waals surface area contributed by atoms with Gasteiger partial charge in [0.25, 0.3) is 0 Å². The van der Waals surface area contributed by atoms with Gasteiger partial charge in [-0.2, -0.15) is 10.4 Å². The van der Waals surface area contributed by atoms with E-state index in [0.717, 1.165) is 22.2 Å². The molecular weight excluding hydrogens is 398 g/mol. The molecule has 0 unspecified atom stereocenters. The number of aromatic amines is 1. The predicted octanol–water partition coefficient (Wildman–Crippen LogP) is 5.21. The Hall–Kier alpha value is -4.76. The average molecular weight is 415 g/mol. The summed E-state index contributed by atoms with van der Waals surface area (Å²) in [5.41, 5.74) is 4.41. The fourth-order valence-electron chi connectivity index (χ4n) is 3.65. The van der Waals surface area contributed by atoms with Crippen molar-refractivity contribution in [3.63, 3.8) is 0 Å². The molecule has 6 heteroatoms. The molecule has 5 rings (SSSR count). The number of rotatable bonds is 5. The second-order valence-electron chi connectivity index (χ2n) is 7.20. The van der Waals surface area contributed by atoms with Crippen molar-refractivity contribution < 1.29 is 4.79 Å². The minimum Gasteiger partial charge on any atom is -0.360 e. The Morgan fingerprint density at radius 2 is 1.75 bits per heavy atom. The second kappa shape index (κ2) is 8.17. The van der Waals surface area contributed by atoms with E-state index in [2.05, 4.69) is 16.0 Å². The third-order valence-corrected chi connectivity index (χ3v) is 5.22. The highest BCUT2D eigenvalue weighted by atomic mass is 16.1. The number of pyridine rings is 1. The number of aromatic nitrogens is 4. The van der Waals surface area contributed by atoms with Crippen LogP contribution in [0.2, 0.25) is 0 Å². The Labute approximate surface area is 184 Å². The number of Topliss-reactive ketones (excluding diaryl/α,β-unsaturated/α-hetero) is 1. The van der Waals surface area contributed by atoms with Crippen molar-refractivity contribution in [3.05, 3.63) is 108 Å². The summed E-state index contributed by atoms with van der Waals surface area (Å²) in [5.74, 6) is -0.335. The molecule has 2 aromatic carbocycles. The van der Waals surface area contributed by atoms with Gasteiger partial charge in [0.1, 0.15) is 17.3 Å². The molecule has 0 fully saturated rings. The van der Waals surface area contributed by atoms with Gasteiger partial charge >= 0.3 is 0 Å². The topological polar surface area (TPSA) is 87.4 Å². The molecule has 0 atom stereocenters. The van der Waals surface area contributed by atoms with E-state index in [0.29, 0.717) is 16.8 Å². The highest BCUT2D eigenvalue weighted by Crippen LogP contribution is 2.27. The van der Waals surface area contributed by atoms with Gasteiger partial charge in [-0.3, -0.25) is 9.78 Å². The number of carbonyl (C=O) groups is 1. The summed E-state index contributed by atoms with van der Waals surface area (Å²) in [6, 6.07) is 23.0. The number of hydrogen-bond acceptors (Lipinski definition) is 4. The maximum Gasteiger partial charge on any atom is 0.205 e. The molecular formula is C26H17N5O. The summed E-state index contributed by atoms with van der Waals surface area (Å²) >= 11 is 0. The van der Waals surface area contributed by atoms with Crippen LogP contribution in [0.4, 0.5) is 0 Å². The number of hydrogen-bond donors (Lipinski definition) is 1. The van der Waals surface area contributed by atoms with E-state index in [1.807, 2.05) is 72.9 Å². The Kier molecular flexibility index (Phi) is 4.91. The van der Waals surface area contributed by atoms with Crippen molar-refractivity contribution in [2.45, 2.75) is 0 Å². The lowest BCUT2D eigenvalue weighted by Crippen LogP contribution is -2.01. The molecule has 32 heavy (non-hydrogen) atoms. The number of ketones is 1. The molecule has 0 saturated heterocycles. The average Bonchev–Trinajstić information content (AvgIpc) is 3.48. The van der Waals surface area contributed by atoms with Crippen LogP contribution in [-0.2, 0) is 0 Å². The molecule has 0 amide bonds. The smallest absolute Gasteiger partial charge is 0.205 e. The largest absolute Gasteiger partial charge is 0.360 e. The summed E-state index contributed by atoms with van der Waals surface area (Å²) in [7, 11) is 0. The van der Waals surface area contributed by atoms with Gasteiger partial charge in [0.05, 0.1) is 5.69 Å². The number of carbonyl (C=O) groups excluding carboxylic acids is 1. The van der Waals surface area contributed by atoms with Crippen LogP contribution in [-0.4, -0.2) is 25.5 Å². The number of nitrogens with one attached hydrogen (secondary N) is 1. The number of H-pyrrole nitrogens is 1. The number of benzene rings is 2. The molecule has 0 spiro atoms. The van der Waals surface area contributed by atoms with Gasteiger partial charge in [-0.25, -0.2) is 4.68 Å². The van der Waals surface area contributed by atoms with Crippen LogP contribution < -0.4 is 0 Å². The van der Waals surface area contributed by atoms with Gasteiger partial charge in [-0.05, 0) is 36.4 Å². The van der Waals surface area contributed by atoms with E-state index in [-0.39, 0.29) is 11.4 Å². The van der Waals surface area contributed by atoms with Crippen LogP contribution >= 0.6 is 0 Å². The van der Waals surface area contributed by atoms with Gasteiger partial charge < -0.3 is 4.98 Å². The van der Waals surface area contributed by atoms with Crippen molar-refractivity contribution in [1.82, 2.24) is 19.7 Å². The van der Waals surface area contributed by atoms with Crippen LogP contribution in [0, 0.1) is 11.3 Å². The number of nitrogens with zero attached hydrogens (tertiary/aromatic N) is 4. The molecule has 3 heterocycles. The number of nitriles is 1. The lowest BCUT2D eigenvalue weighted by Gasteiger charge is -2.00. The summed E-state index contributed by atoms with van der Waals surface area (Å²) < 4.78 is 1.74. The summed E-state index contributed by atoms with van der Waals surface area (Å²) in [6.45, 7) is 0. The zero-order chi connectivity index (χ0) is 21.9. The fraction of sp³-hybridized carbons (Fsp3) is 0. The lowest BCUT2D eigenvalue weighted by molar-refractivity contribution is 0.104. The standard InChI is InChI=1S/C26H17N5O/c27-15-19(26(32)23-16-29-24-9-5-4-8-22(23)24)14-20-17-31(21-6-2-1-3-7-21)30-25(20)18-10-12-28-13-11-18/h1-14,16-17,29H/b19-14+. The van der Waals surface area contributed by atoms with E-state index in [4.69, 9.17) is 5.10 Å². The van der Waals surface area contributed by atoms with E-state index < -0.39 is 0 Å². The molecule has 1 N–H and O–H groups in total. The highest BCUT2D eigenvalue weighted by Gasteiger charge is 2.19. The minimum atomic E-state index is -0.335. The van der Waals surface area contributed by atoms with E-state index in [9.17, 15) is 10.1 Å². The van der Waals surface area contributed by atoms with Crippen molar-refractivity contribution >= 4 is 22.8 Å². The van der Waals surface area contributed by atoms with Gasteiger partial charge in [0.2, 0.25) is 5.78 Å². The Bertz CT molecular complexity index is 1490. The third-order valence-electron chi connectivity index (χ3n) is 5.22. The molecule has 0 radical (unpaired) electrons. The Morgan fingerprint density at radius 1 is 1.00 bits per heavy atom. The van der Waals surface area contributed by atoms with Crippen molar-refractivity contribution in [2.24, 2.45) is 0 Å². The quantitative estimate of drug-likeness (QED) is 0.243. The van der Waals surface area contributed by atoms with Crippen LogP contribution in [0.1, 0.15) is 15.9 Å². The van der Waals surface area contributed by atoms with E-state index in [1.54, 1.807) is 29.3 Å². The monoisotopic (exact) mass is 415 g/mol. The molecule has 0 aliphatic rings. The van der Waals surface area contributed by atoms with Gasteiger partial charge in [0.15, 0.2) is 0 Å². The summed E-state index contributed by atoms with van der Waals surface area (Å²) in [4.78, 5) is 20.4. The number of para-hydroxylation sites is 2. The molecule has 0 saturated carbocycles. The third kappa shape index (κ3) is 3.48. The molecule has 0 aliphatic carbocycles. The first-order chi connectivity index (χ1) is 15.7. The normalized spacial score (nSPS) is 11.4. The predicted molar refractivity (Wildman–Crippen MR) is 123 cm³/mol. The maximum absolute atomic E-state index is 13.2. The first-order valence-corrected chi connectivity index (χ1v) is 10.0. The molecule has 3 aromatic heterocycles. The molecule has 6 nitrogen and oxygen atoms in total.